The third kappa shape index (κ3) is 3.22. The molecule has 0 N–H and O–H groups in total. The van der Waals surface area contributed by atoms with Crippen molar-refractivity contribution in [1.82, 2.24) is 9.88 Å². The number of hydrogen-bond acceptors (Lipinski definition) is 4. The average molecular weight is 258 g/mol. The molecule has 1 aliphatic heterocycles. The molecule has 0 spiro atoms. The van der Waals surface area contributed by atoms with Gasteiger partial charge >= 0.3 is 0 Å². The summed E-state index contributed by atoms with van der Waals surface area (Å²) in [7, 11) is 0. The van der Waals surface area contributed by atoms with Gasteiger partial charge < -0.3 is 9.80 Å². The van der Waals surface area contributed by atoms with Crippen molar-refractivity contribution in [2.45, 2.75) is 20.3 Å². The minimum absolute atomic E-state index is 0.122. The van der Waals surface area contributed by atoms with Crippen LogP contribution in [0.3, 0.4) is 0 Å². The molecule has 0 radical (unpaired) electrons. The van der Waals surface area contributed by atoms with Crippen molar-refractivity contribution in [1.29, 1.82) is 5.26 Å². The molecular formula is C14H18N4O. The summed E-state index contributed by atoms with van der Waals surface area (Å²) in [6, 6.07) is 5.76. The van der Waals surface area contributed by atoms with Gasteiger partial charge in [0.15, 0.2) is 0 Å². The van der Waals surface area contributed by atoms with E-state index in [4.69, 9.17) is 5.26 Å². The number of hydrogen-bond donors (Lipinski definition) is 0. The van der Waals surface area contributed by atoms with Crippen LogP contribution < -0.4 is 4.90 Å². The minimum atomic E-state index is 0.122. The van der Waals surface area contributed by atoms with Crippen molar-refractivity contribution >= 4 is 11.7 Å². The summed E-state index contributed by atoms with van der Waals surface area (Å²) in [4.78, 5) is 19.9. The van der Waals surface area contributed by atoms with E-state index in [-0.39, 0.29) is 5.91 Å². The maximum absolute atomic E-state index is 11.4. The quantitative estimate of drug-likeness (QED) is 0.762. The number of aromatic nitrogens is 1. The van der Waals surface area contributed by atoms with Crippen LogP contribution in [0.2, 0.25) is 0 Å². The van der Waals surface area contributed by atoms with Crippen molar-refractivity contribution in [2.75, 3.05) is 31.1 Å². The minimum Gasteiger partial charge on any atom is -0.355 e. The Morgan fingerprint density at radius 3 is 2.79 bits per heavy atom. The highest BCUT2D eigenvalue weighted by Gasteiger charge is 2.17. The number of nitriles is 1. The lowest BCUT2D eigenvalue weighted by molar-refractivity contribution is -0.128. The zero-order valence-corrected chi connectivity index (χ0v) is 11.4. The fraction of sp³-hybridized carbons (Fsp3) is 0.500. The van der Waals surface area contributed by atoms with Gasteiger partial charge in [-0.15, -0.1) is 0 Å². The fourth-order valence-corrected chi connectivity index (χ4v) is 2.34. The monoisotopic (exact) mass is 258 g/mol. The highest BCUT2D eigenvalue weighted by molar-refractivity contribution is 5.73. The first-order valence-corrected chi connectivity index (χ1v) is 6.49. The van der Waals surface area contributed by atoms with Crippen molar-refractivity contribution in [3.05, 3.63) is 23.4 Å². The molecule has 1 aromatic rings. The van der Waals surface area contributed by atoms with E-state index in [9.17, 15) is 4.79 Å². The second-order valence-corrected chi connectivity index (χ2v) is 4.81. The van der Waals surface area contributed by atoms with Crippen LogP contribution >= 0.6 is 0 Å². The number of aryl methyl sites for hydroxylation is 1. The molecular weight excluding hydrogens is 240 g/mol. The van der Waals surface area contributed by atoms with E-state index < -0.39 is 0 Å². The van der Waals surface area contributed by atoms with Crippen molar-refractivity contribution in [3.63, 3.8) is 0 Å². The normalized spacial score (nSPS) is 15.8. The van der Waals surface area contributed by atoms with E-state index >= 15 is 0 Å². The second-order valence-electron chi connectivity index (χ2n) is 4.81. The summed E-state index contributed by atoms with van der Waals surface area (Å²) in [5, 5.41) is 9.01. The van der Waals surface area contributed by atoms with E-state index in [1.54, 1.807) is 13.0 Å². The zero-order valence-electron chi connectivity index (χ0n) is 11.4. The fourth-order valence-electron chi connectivity index (χ4n) is 2.34. The predicted molar refractivity (Wildman–Crippen MR) is 72.8 cm³/mol. The van der Waals surface area contributed by atoms with Crippen LogP contribution in [0.25, 0.3) is 0 Å². The molecule has 0 atom stereocenters. The van der Waals surface area contributed by atoms with Crippen LogP contribution in [0, 0.1) is 18.3 Å². The van der Waals surface area contributed by atoms with Gasteiger partial charge in [0.2, 0.25) is 5.91 Å². The molecule has 19 heavy (non-hydrogen) atoms. The molecule has 0 aromatic carbocycles. The number of pyridine rings is 1. The predicted octanol–water partition coefficient (Wildman–Crippen LogP) is 1.32. The molecule has 0 bridgehead atoms. The van der Waals surface area contributed by atoms with Crippen LogP contribution in [-0.2, 0) is 4.79 Å². The molecule has 1 amide bonds. The Balaban J connectivity index is 2.16. The molecule has 5 nitrogen and oxygen atoms in total. The van der Waals surface area contributed by atoms with Gasteiger partial charge in [-0.05, 0) is 25.5 Å². The molecule has 0 unspecified atom stereocenters. The average Bonchev–Trinajstić information content (AvgIpc) is 2.63. The number of amides is 1. The zero-order chi connectivity index (χ0) is 13.8. The molecule has 1 fully saturated rings. The summed E-state index contributed by atoms with van der Waals surface area (Å²) in [5.74, 6) is 0.957. The summed E-state index contributed by atoms with van der Waals surface area (Å²) >= 11 is 0. The smallest absolute Gasteiger partial charge is 0.219 e. The Labute approximate surface area is 113 Å². The van der Waals surface area contributed by atoms with Gasteiger partial charge in [-0.3, -0.25) is 4.79 Å². The molecule has 2 heterocycles. The molecule has 1 aliphatic rings. The van der Waals surface area contributed by atoms with Crippen LogP contribution in [0.1, 0.15) is 24.6 Å². The summed E-state index contributed by atoms with van der Waals surface area (Å²) in [6.07, 6.45) is 0.928. The third-order valence-electron chi connectivity index (χ3n) is 3.33. The van der Waals surface area contributed by atoms with Crippen LogP contribution in [-0.4, -0.2) is 42.0 Å². The van der Waals surface area contributed by atoms with Crippen LogP contribution in [0.15, 0.2) is 12.1 Å². The standard InChI is InChI=1S/C14H18N4O/c1-11-8-13(10-15)9-14(16-11)18-5-3-4-17(6-7-18)12(2)19/h8-9H,3-7H2,1-2H3. The summed E-state index contributed by atoms with van der Waals surface area (Å²) in [5.41, 5.74) is 1.48. The molecule has 1 saturated heterocycles. The number of rotatable bonds is 1. The van der Waals surface area contributed by atoms with Gasteiger partial charge in [0.25, 0.3) is 0 Å². The molecule has 0 saturated carbocycles. The lowest BCUT2D eigenvalue weighted by Gasteiger charge is -2.22. The Kier molecular flexibility index (Phi) is 4.00. The first kappa shape index (κ1) is 13.3. The van der Waals surface area contributed by atoms with Crippen LogP contribution in [0.4, 0.5) is 5.82 Å². The maximum Gasteiger partial charge on any atom is 0.219 e. The molecule has 5 heteroatoms. The van der Waals surface area contributed by atoms with E-state index in [2.05, 4.69) is 16.0 Å². The highest BCUT2D eigenvalue weighted by atomic mass is 16.2. The van der Waals surface area contributed by atoms with E-state index in [1.165, 1.54) is 0 Å². The maximum atomic E-state index is 11.4. The Hall–Kier alpha value is -2.09. The Morgan fingerprint density at radius 2 is 2.11 bits per heavy atom. The lowest BCUT2D eigenvalue weighted by Crippen LogP contribution is -2.33. The first-order valence-electron chi connectivity index (χ1n) is 6.49. The van der Waals surface area contributed by atoms with Gasteiger partial charge in [0.1, 0.15) is 5.82 Å². The van der Waals surface area contributed by atoms with Crippen LogP contribution in [0.5, 0.6) is 0 Å². The molecule has 1 aromatic heterocycles. The van der Waals surface area contributed by atoms with Gasteiger partial charge in [-0.1, -0.05) is 0 Å². The summed E-state index contributed by atoms with van der Waals surface area (Å²) in [6.45, 7) is 6.64. The third-order valence-corrected chi connectivity index (χ3v) is 3.33. The van der Waals surface area contributed by atoms with Gasteiger partial charge in [0, 0.05) is 38.8 Å². The Bertz CT molecular complexity index is 521. The van der Waals surface area contributed by atoms with Gasteiger partial charge in [0.05, 0.1) is 11.6 Å². The molecule has 2 rings (SSSR count). The second kappa shape index (κ2) is 5.70. The molecule has 0 aliphatic carbocycles. The van der Waals surface area contributed by atoms with Crippen molar-refractivity contribution < 1.29 is 4.79 Å². The largest absolute Gasteiger partial charge is 0.355 e. The number of carbonyl (C=O) groups excluding carboxylic acids is 1. The van der Waals surface area contributed by atoms with Gasteiger partial charge in [-0.2, -0.15) is 5.26 Å². The topological polar surface area (TPSA) is 60.2 Å². The molecule has 100 valence electrons. The van der Waals surface area contributed by atoms with E-state index in [1.807, 2.05) is 17.9 Å². The lowest BCUT2D eigenvalue weighted by atomic mass is 10.2. The van der Waals surface area contributed by atoms with E-state index in [0.717, 1.165) is 37.6 Å². The van der Waals surface area contributed by atoms with Crippen molar-refractivity contribution in [2.24, 2.45) is 0 Å². The number of carbonyl (C=O) groups is 1. The summed E-state index contributed by atoms with van der Waals surface area (Å²) < 4.78 is 0. The number of nitrogens with zero attached hydrogens (tertiary/aromatic N) is 4. The first-order chi connectivity index (χ1) is 9.10. The SMILES string of the molecule is CC(=O)N1CCCN(c2cc(C#N)cc(C)n2)CC1. The number of anilines is 1. The highest BCUT2D eigenvalue weighted by Crippen LogP contribution is 2.16. The Morgan fingerprint density at radius 1 is 1.32 bits per heavy atom. The van der Waals surface area contributed by atoms with E-state index in [0.29, 0.717) is 12.1 Å². The van der Waals surface area contributed by atoms with Crippen molar-refractivity contribution in [3.8, 4) is 6.07 Å². The van der Waals surface area contributed by atoms with Gasteiger partial charge in [-0.25, -0.2) is 4.98 Å².